The van der Waals surface area contributed by atoms with Crippen molar-refractivity contribution in [3.63, 3.8) is 0 Å². The van der Waals surface area contributed by atoms with Crippen molar-refractivity contribution in [2.75, 3.05) is 6.61 Å². The molecule has 0 saturated carbocycles. The number of ketones is 1. The minimum Gasteiger partial charge on any atom is -0.395 e. The Kier molecular flexibility index (Phi) is 3.14. The van der Waals surface area contributed by atoms with Gasteiger partial charge in [-0.05, 0) is 24.5 Å². The lowest BCUT2D eigenvalue weighted by molar-refractivity contribution is 0.0526. The number of fused-ring (bicyclic) bond motifs is 1. The van der Waals surface area contributed by atoms with Gasteiger partial charge in [0.15, 0.2) is 5.78 Å². The molecule has 0 saturated heterocycles. The summed E-state index contributed by atoms with van der Waals surface area (Å²) in [4.78, 5) is 16.6. The first-order valence-corrected chi connectivity index (χ1v) is 6.55. The van der Waals surface area contributed by atoms with E-state index >= 15 is 0 Å². The summed E-state index contributed by atoms with van der Waals surface area (Å²) in [5.41, 5.74) is -0.0285. The summed E-state index contributed by atoms with van der Waals surface area (Å²) < 4.78 is 15.5. The molecule has 4 nitrogen and oxygen atoms in total. The largest absolute Gasteiger partial charge is 0.395 e. The van der Waals surface area contributed by atoms with Gasteiger partial charge < -0.3 is 9.67 Å². The number of aromatic nitrogens is 2. The van der Waals surface area contributed by atoms with Crippen LogP contribution in [0.15, 0.2) is 36.9 Å². The third-order valence-corrected chi connectivity index (χ3v) is 4.05. The molecule has 3 rings (SSSR count). The number of benzene rings is 1. The number of hydrogen-bond donors (Lipinski definition) is 1. The predicted octanol–water partition coefficient (Wildman–Crippen LogP) is 1.83. The van der Waals surface area contributed by atoms with Gasteiger partial charge in [0.2, 0.25) is 0 Å². The van der Waals surface area contributed by atoms with Crippen molar-refractivity contribution in [2.45, 2.75) is 19.4 Å². The summed E-state index contributed by atoms with van der Waals surface area (Å²) in [6, 6.07) is 4.54. The van der Waals surface area contributed by atoms with Gasteiger partial charge in [0.05, 0.1) is 18.3 Å². The number of nitrogens with zero attached hydrogens (tertiary/aromatic N) is 2. The van der Waals surface area contributed by atoms with Crippen LogP contribution in [0, 0.1) is 11.2 Å². The summed E-state index contributed by atoms with van der Waals surface area (Å²) in [6.07, 6.45) is 5.90. The van der Waals surface area contributed by atoms with E-state index in [1.165, 1.54) is 12.1 Å². The smallest absolute Gasteiger partial charge is 0.173 e. The first kappa shape index (κ1) is 13.0. The second kappa shape index (κ2) is 4.83. The third-order valence-electron chi connectivity index (χ3n) is 4.05. The van der Waals surface area contributed by atoms with Gasteiger partial charge in [0.25, 0.3) is 0 Å². The molecule has 0 radical (unpaired) electrons. The average molecular weight is 274 g/mol. The van der Waals surface area contributed by atoms with Gasteiger partial charge in [-0.25, -0.2) is 9.37 Å². The highest BCUT2D eigenvalue weighted by Crippen LogP contribution is 2.37. The third kappa shape index (κ3) is 1.94. The molecule has 1 heterocycles. The molecule has 1 aliphatic rings. The summed E-state index contributed by atoms with van der Waals surface area (Å²) >= 11 is 0. The lowest BCUT2D eigenvalue weighted by atomic mass is 9.70. The van der Waals surface area contributed by atoms with Gasteiger partial charge in [0.1, 0.15) is 5.82 Å². The molecule has 0 bridgehead atoms. The van der Waals surface area contributed by atoms with Crippen molar-refractivity contribution < 1.29 is 14.3 Å². The van der Waals surface area contributed by atoms with E-state index in [1.54, 1.807) is 29.4 Å². The Bertz CT molecular complexity index is 639. The van der Waals surface area contributed by atoms with Crippen LogP contribution in [0.3, 0.4) is 0 Å². The number of halogens is 1. The van der Waals surface area contributed by atoms with Crippen molar-refractivity contribution in [3.8, 4) is 0 Å². The maximum Gasteiger partial charge on any atom is 0.173 e. The number of hydrogen-bond acceptors (Lipinski definition) is 3. The maximum absolute atomic E-state index is 13.7. The Balaban J connectivity index is 2.00. The topological polar surface area (TPSA) is 55.1 Å². The van der Waals surface area contributed by atoms with E-state index in [0.717, 1.165) is 0 Å². The highest BCUT2D eigenvalue weighted by atomic mass is 19.1. The Morgan fingerprint density at radius 1 is 1.45 bits per heavy atom. The zero-order valence-electron chi connectivity index (χ0n) is 10.9. The molecule has 0 fully saturated rings. The van der Waals surface area contributed by atoms with E-state index in [1.807, 2.05) is 0 Å². The zero-order valence-corrected chi connectivity index (χ0v) is 10.9. The molecule has 0 unspecified atom stereocenters. The van der Waals surface area contributed by atoms with Crippen LogP contribution >= 0.6 is 0 Å². The van der Waals surface area contributed by atoms with Gasteiger partial charge in [-0.15, -0.1) is 0 Å². The fourth-order valence-corrected chi connectivity index (χ4v) is 2.87. The molecular weight excluding hydrogens is 259 g/mol. The Morgan fingerprint density at radius 2 is 2.30 bits per heavy atom. The van der Waals surface area contributed by atoms with Crippen LogP contribution < -0.4 is 0 Å². The first-order valence-electron chi connectivity index (χ1n) is 6.55. The molecule has 1 aromatic heterocycles. The molecule has 5 heteroatoms. The second-order valence-electron chi connectivity index (χ2n) is 5.27. The monoisotopic (exact) mass is 274 g/mol. The maximum atomic E-state index is 13.7. The first-order chi connectivity index (χ1) is 9.66. The van der Waals surface area contributed by atoms with Gasteiger partial charge in [-0.2, -0.15) is 0 Å². The van der Waals surface area contributed by atoms with Crippen LogP contribution in [0.2, 0.25) is 0 Å². The summed E-state index contributed by atoms with van der Waals surface area (Å²) in [5.74, 6) is -0.528. The molecule has 0 amide bonds. The predicted molar refractivity (Wildman–Crippen MR) is 70.8 cm³/mol. The lowest BCUT2D eigenvalue weighted by Crippen LogP contribution is -2.42. The van der Waals surface area contributed by atoms with Crippen LogP contribution in [0.1, 0.15) is 22.3 Å². The second-order valence-corrected chi connectivity index (χ2v) is 5.27. The van der Waals surface area contributed by atoms with Crippen molar-refractivity contribution in [3.05, 3.63) is 53.9 Å². The fourth-order valence-electron chi connectivity index (χ4n) is 2.87. The molecule has 1 aromatic carbocycles. The number of rotatable bonds is 3. The Morgan fingerprint density at radius 3 is 3.00 bits per heavy atom. The van der Waals surface area contributed by atoms with E-state index in [4.69, 9.17) is 0 Å². The van der Waals surface area contributed by atoms with E-state index in [0.29, 0.717) is 30.5 Å². The van der Waals surface area contributed by atoms with Crippen LogP contribution in [-0.4, -0.2) is 27.0 Å². The van der Waals surface area contributed by atoms with Crippen molar-refractivity contribution in [1.82, 2.24) is 9.55 Å². The fraction of sp³-hybridized carbons (Fsp3) is 0.333. The standard InChI is InChI=1S/C15H15FN2O2/c16-13-3-1-2-12-11(13)4-5-15(9-19,14(12)20)8-18-7-6-17-10-18/h1-3,6-7,10,19H,4-5,8-9H2/t15-/m0/s1. The highest BCUT2D eigenvalue weighted by molar-refractivity contribution is 6.02. The molecule has 0 spiro atoms. The molecule has 2 aromatic rings. The molecule has 1 atom stereocenters. The number of imidazole rings is 1. The number of carbonyl (C=O) groups excluding carboxylic acids is 1. The molecule has 1 aliphatic carbocycles. The van der Waals surface area contributed by atoms with Crippen molar-refractivity contribution >= 4 is 5.78 Å². The van der Waals surface area contributed by atoms with Crippen molar-refractivity contribution in [1.29, 1.82) is 0 Å². The van der Waals surface area contributed by atoms with Gasteiger partial charge in [-0.3, -0.25) is 4.79 Å². The van der Waals surface area contributed by atoms with Crippen molar-refractivity contribution in [2.24, 2.45) is 5.41 Å². The number of carbonyl (C=O) groups is 1. The van der Waals surface area contributed by atoms with Gasteiger partial charge >= 0.3 is 0 Å². The SMILES string of the molecule is O=C1c2cccc(F)c2CC[C@@]1(CO)Cn1ccnc1. The summed E-state index contributed by atoms with van der Waals surface area (Å²) in [6.45, 7) is 0.109. The molecular formula is C15H15FN2O2. The lowest BCUT2D eigenvalue weighted by Gasteiger charge is -2.35. The van der Waals surface area contributed by atoms with Crippen LogP contribution in [-0.2, 0) is 13.0 Å². The van der Waals surface area contributed by atoms with E-state index in [-0.39, 0.29) is 18.2 Å². The van der Waals surface area contributed by atoms with Crippen LogP contribution in [0.4, 0.5) is 4.39 Å². The quantitative estimate of drug-likeness (QED) is 0.929. The average Bonchev–Trinajstić information content (AvgIpc) is 2.95. The van der Waals surface area contributed by atoms with Crippen LogP contribution in [0.5, 0.6) is 0 Å². The minimum atomic E-state index is -0.887. The zero-order chi connectivity index (χ0) is 14.2. The van der Waals surface area contributed by atoms with Crippen LogP contribution in [0.25, 0.3) is 0 Å². The number of aliphatic hydroxyl groups excluding tert-OH is 1. The van der Waals surface area contributed by atoms with E-state index in [9.17, 15) is 14.3 Å². The Labute approximate surface area is 115 Å². The number of Topliss-reactive ketones (excluding diaryl/α,β-unsaturated/α-hetero) is 1. The molecule has 20 heavy (non-hydrogen) atoms. The molecule has 1 N–H and O–H groups in total. The number of aliphatic hydroxyl groups is 1. The summed E-state index contributed by atoms with van der Waals surface area (Å²) in [7, 11) is 0. The summed E-state index contributed by atoms with van der Waals surface area (Å²) in [5, 5.41) is 9.76. The van der Waals surface area contributed by atoms with Gasteiger partial charge in [0, 0.05) is 24.5 Å². The molecule has 0 aliphatic heterocycles. The normalized spacial score (nSPS) is 21.8. The highest BCUT2D eigenvalue weighted by Gasteiger charge is 2.43. The minimum absolute atomic E-state index is 0.186. The van der Waals surface area contributed by atoms with E-state index in [2.05, 4.69) is 4.98 Å². The van der Waals surface area contributed by atoms with Gasteiger partial charge in [-0.1, -0.05) is 12.1 Å². The molecule has 104 valence electrons. The van der Waals surface area contributed by atoms with E-state index < -0.39 is 5.41 Å². The Hall–Kier alpha value is -2.01.